The molecule has 0 amide bonds. The average molecular weight is 298 g/mol. The quantitative estimate of drug-likeness (QED) is 0.390. The van der Waals surface area contributed by atoms with E-state index in [1.807, 2.05) is 19.0 Å². The highest BCUT2D eigenvalue weighted by Crippen LogP contribution is 2.26. The second-order valence-corrected chi connectivity index (χ2v) is 4.68. The smallest absolute Gasteiger partial charge is 0.332 e. The van der Waals surface area contributed by atoms with Crippen LogP contribution in [0.25, 0.3) is 0 Å². The number of aryl methyl sites for hydroxylation is 1. The summed E-state index contributed by atoms with van der Waals surface area (Å²) in [5.41, 5.74) is 0.206. The van der Waals surface area contributed by atoms with Crippen molar-refractivity contribution in [2.75, 3.05) is 58.1 Å². The minimum Gasteiger partial charge on any atom is -0.378 e. The topological polar surface area (TPSA) is 105 Å². The number of nitro groups is 1. The van der Waals surface area contributed by atoms with Gasteiger partial charge >= 0.3 is 5.69 Å². The van der Waals surface area contributed by atoms with Gasteiger partial charge in [-0.3, -0.25) is 10.1 Å². The van der Waals surface area contributed by atoms with Crippen molar-refractivity contribution in [2.24, 2.45) is 0 Å². The molecule has 1 rings (SSSR count). The molecule has 0 spiro atoms. The van der Waals surface area contributed by atoms with Gasteiger partial charge in [-0.25, -0.2) is 4.98 Å². The van der Waals surface area contributed by atoms with Gasteiger partial charge in [-0.05, 0) is 21.0 Å². The first-order valence-electron chi connectivity index (χ1n) is 6.62. The van der Waals surface area contributed by atoms with E-state index in [4.69, 9.17) is 4.74 Å². The zero-order chi connectivity index (χ0) is 15.8. The number of aromatic nitrogens is 2. The number of rotatable bonds is 9. The molecule has 9 heteroatoms. The molecule has 1 aromatic heterocycles. The van der Waals surface area contributed by atoms with E-state index in [0.29, 0.717) is 31.4 Å². The number of anilines is 2. The summed E-state index contributed by atoms with van der Waals surface area (Å²) in [5.74, 6) is 0.544. The van der Waals surface area contributed by atoms with Crippen LogP contribution < -0.4 is 10.6 Å². The Balaban J connectivity index is 2.60. The van der Waals surface area contributed by atoms with E-state index in [-0.39, 0.29) is 11.5 Å². The summed E-state index contributed by atoms with van der Waals surface area (Å²) in [6.45, 7) is 3.91. The molecule has 1 aromatic rings. The molecule has 21 heavy (non-hydrogen) atoms. The maximum atomic E-state index is 11.1. The first kappa shape index (κ1) is 17.1. The van der Waals surface area contributed by atoms with Crippen LogP contribution in [-0.2, 0) is 4.74 Å². The minimum absolute atomic E-state index is 0.109. The molecule has 0 aliphatic heterocycles. The van der Waals surface area contributed by atoms with E-state index in [2.05, 4.69) is 20.6 Å². The molecule has 0 unspecified atom stereocenters. The zero-order valence-corrected chi connectivity index (χ0v) is 12.8. The lowest BCUT2D eigenvalue weighted by Crippen LogP contribution is -2.20. The van der Waals surface area contributed by atoms with E-state index in [9.17, 15) is 10.1 Å². The second kappa shape index (κ2) is 8.32. The summed E-state index contributed by atoms with van der Waals surface area (Å²) >= 11 is 0. The van der Waals surface area contributed by atoms with Crippen LogP contribution in [0.1, 0.15) is 5.69 Å². The molecule has 9 nitrogen and oxygen atoms in total. The summed E-state index contributed by atoms with van der Waals surface area (Å²) in [6.07, 6.45) is 0. The molecule has 0 fully saturated rings. The van der Waals surface area contributed by atoms with Crippen molar-refractivity contribution < 1.29 is 9.66 Å². The van der Waals surface area contributed by atoms with Crippen LogP contribution >= 0.6 is 0 Å². The third-order valence-corrected chi connectivity index (χ3v) is 2.69. The molecule has 0 radical (unpaired) electrons. The van der Waals surface area contributed by atoms with Gasteiger partial charge in [0.15, 0.2) is 0 Å². The van der Waals surface area contributed by atoms with Gasteiger partial charge in [-0.1, -0.05) is 0 Å². The summed E-state index contributed by atoms with van der Waals surface area (Å²) < 4.78 is 5.42. The van der Waals surface area contributed by atoms with E-state index in [1.165, 1.54) is 0 Å². The van der Waals surface area contributed by atoms with E-state index < -0.39 is 4.92 Å². The number of nitrogens with zero attached hydrogens (tertiary/aromatic N) is 4. The molecular weight excluding hydrogens is 276 g/mol. The number of hydrogen-bond donors (Lipinski definition) is 2. The Hall–Kier alpha value is -2.00. The van der Waals surface area contributed by atoms with Gasteiger partial charge in [-0.15, -0.1) is 0 Å². The van der Waals surface area contributed by atoms with Gasteiger partial charge in [0.25, 0.3) is 0 Å². The first-order chi connectivity index (χ1) is 9.95. The van der Waals surface area contributed by atoms with Crippen molar-refractivity contribution >= 4 is 17.5 Å². The monoisotopic (exact) mass is 298 g/mol. The lowest BCUT2D eigenvalue weighted by molar-refractivity contribution is -0.385. The van der Waals surface area contributed by atoms with Crippen LogP contribution in [-0.4, -0.2) is 67.2 Å². The predicted molar refractivity (Wildman–Crippen MR) is 80.8 cm³/mol. The Labute approximate surface area is 123 Å². The third-order valence-electron chi connectivity index (χ3n) is 2.69. The highest BCUT2D eigenvalue weighted by Gasteiger charge is 2.21. The largest absolute Gasteiger partial charge is 0.378 e. The fraction of sp³-hybridized carbons (Fsp3) is 0.667. The highest BCUT2D eigenvalue weighted by molar-refractivity contribution is 5.60. The van der Waals surface area contributed by atoms with Crippen LogP contribution in [0.4, 0.5) is 17.5 Å². The van der Waals surface area contributed by atoms with Gasteiger partial charge in [0, 0.05) is 20.1 Å². The fourth-order valence-corrected chi connectivity index (χ4v) is 1.61. The molecule has 0 bridgehead atoms. The van der Waals surface area contributed by atoms with Gasteiger partial charge in [0.1, 0.15) is 5.69 Å². The van der Waals surface area contributed by atoms with E-state index in [1.54, 1.807) is 14.0 Å². The molecule has 0 aliphatic carbocycles. The van der Waals surface area contributed by atoms with Crippen molar-refractivity contribution in [1.29, 1.82) is 0 Å². The van der Waals surface area contributed by atoms with Crippen molar-refractivity contribution in [1.82, 2.24) is 14.9 Å². The fourth-order valence-electron chi connectivity index (χ4n) is 1.61. The molecule has 1 heterocycles. The normalized spacial score (nSPS) is 10.7. The lowest BCUT2D eigenvalue weighted by Gasteiger charge is -2.11. The summed E-state index contributed by atoms with van der Waals surface area (Å²) in [6, 6.07) is 0. The predicted octanol–water partition coefficient (Wildman–Crippen LogP) is 0.725. The molecule has 0 aromatic carbocycles. The molecule has 2 N–H and O–H groups in total. The number of hydrogen-bond acceptors (Lipinski definition) is 8. The Morgan fingerprint density at radius 2 is 2.05 bits per heavy atom. The number of ether oxygens (including phenoxy) is 1. The van der Waals surface area contributed by atoms with Crippen molar-refractivity contribution in [3.8, 4) is 0 Å². The van der Waals surface area contributed by atoms with Crippen LogP contribution in [0.2, 0.25) is 0 Å². The first-order valence-corrected chi connectivity index (χ1v) is 6.62. The number of likely N-dealkylation sites (N-methyl/N-ethyl adjacent to an activating group) is 1. The summed E-state index contributed by atoms with van der Waals surface area (Å²) in [5, 5.41) is 16.8. The summed E-state index contributed by atoms with van der Waals surface area (Å²) in [7, 11) is 5.59. The zero-order valence-electron chi connectivity index (χ0n) is 12.8. The Morgan fingerprint density at radius 3 is 2.62 bits per heavy atom. The lowest BCUT2D eigenvalue weighted by atomic mass is 10.3. The van der Waals surface area contributed by atoms with Crippen LogP contribution in [0.3, 0.4) is 0 Å². The number of nitrogens with one attached hydrogen (secondary N) is 2. The SMILES string of the molecule is CNc1nc(C)c([N+](=O)[O-])c(NCCOCCN(C)C)n1. The Kier molecular flexibility index (Phi) is 6.76. The maximum absolute atomic E-state index is 11.1. The standard InChI is InChI=1S/C12H22N6O3/c1-9-10(18(19)20)11(16-12(13-2)15-9)14-5-7-21-8-6-17(3)4/h5-8H2,1-4H3,(H2,13,14,15,16). The van der Waals surface area contributed by atoms with Crippen LogP contribution in [0, 0.1) is 17.0 Å². The summed E-state index contributed by atoms with van der Waals surface area (Å²) in [4.78, 5) is 20.7. The molecule has 0 saturated heterocycles. The average Bonchev–Trinajstić information content (AvgIpc) is 2.41. The van der Waals surface area contributed by atoms with Crippen LogP contribution in [0.5, 0.6) is 0 Å². The van der Waals surface area contributed by atoms with Gasteiger partial charge in [0.2, 0.25) is 11.8 Å². The van der Waals surface area contributed by atoms with Crippen molar-refractivity contribution in [3.05, 3.63) is 15.8 Å². The van der Waals surface area contributed by atoms with Gasteiger partial charge in [-0.2, -0.15) is 4.98 Å². The molecule has 0 saturated carbocycles. The second-order valence-electron chi connectivity index (χ2n) is 4.68. The van der Waals surface area contributed by atoms with Gasteiger partial charge < -0.3 is 20.3 Å². The van der Waals surface area contributed by atoms with Gasteiger partial charge in [0.05, 0.1) is 18.1 Å². The molecule has 0 aliphatic rings. The minimum atomic E-state index is -0.482. The molecular formula is C12H22N6O3. The van der Waals surface area contributed by atoms with Crippen LogP contribution in [0.15, 0.2) is 0 Å². The molecule has 0 atom stereocenters. The maximum Gasteiger partial charge on any atom is 0.332 e. The Bertz CT molecular complexity index is 480. The van der Waals surface area contributed by atoms with E-state index in [0.717, 1.165) is 6.54 Å². The highest BCUT2D eigenvalue weighted by atomic mass is 16.6. The van der Waals surface area contributed by atoms with Crippen molar-refractivity contribution in [2.45, 2.75) is 6.92 Å². The van der Waals surface area contributed by atoms with Crippen molar-refractivity contribution in [3.63, 3.8) is 0 Å². The van der Waals surface area contributed by atoms with E-state index >= 15 is 0 Å². The third kappa shape index (κ3) is 5.48. The molecule has 118 valence electrons. The Morgan fingerprint density at radius 1 is 1.33 bits per heavy atom.